The molecule has 3 N–H and O–H groups in total. The number of hydrogen-bond donors (Lipinski definition) is 2. The van der Waals surface area contributed by atoms with E-state index in [1.165, 1.54) is 6.07 Å². The number of aromatic nitrogens is 3. The first-order chi connectivity index (χ1) is 13.1. The van der Waals surface area contributed by atoms with Gasteiger partial charge in [0.1, 0.15) is 5.82 Å². The van der Waals surface area contributed by atoms with Gasteiger partial charge in [-0.25, -0.2) is 9.78 Å². The molecule has 0 bridgehead atoms. The van der Waals surface area contributed by atoms with Crippen LogP contribution in [0.3, 0.4) is 0 Å². The molecule has 138 valence electrons. The van der Waals surface area contributed by atoms with Gasteiger partial charge in [-0.1, -0.05) is 0 Å². The van der Waals surface area contributed by atoms with Crippen LogP contribution in [0.4, 0.5) is 17.5 Å². The lowest BCUT2D eigenvalue weighted by Gasteiger charge is -2.25. The fourth-order valence-electron chi connectivity index (χ4n) is 3.45. The molecule has 0 saturated carbocycles. The summed E-state index contributed by atoms with van der Waals surface area (Å²) in [5, 5.41) is 10.0. The minimum absolute atomic E-state index is 0.191. The number of carbonyl (C=O) groups is 1. The summed E-state index contributed by atoms with van der Waals surface area (Å²) in [5.74, 6) is -0.0904. The average Bonchev–Trinajstić information content (AvgIpc) is 2.93. The van der Waals surface area contributed by atoms with Gasteiger partial charge in [-0.15, -0.1) is 0 Å². The lowest BCUT2D eigenvalue weighted by Crippen LogP contribution is -2.31. The highest BCUT2D eigenvalue weighted by Crippen LogP contribution is 2.27. The van der Waals surface area contributed by atoms with Crippen molar-refractivity contribution in [3.63, 3.8) is 0 Å². The zero-order valence-corrected chi connectivity index (χ0v) is 14.7. The molecule has 3 aromatic rings. The van der Waals surface area contributed by atoms with Crippen LogP contribution in [0.1, 0.15) is 16.8 Å². The van der Waals surface area contributed by atoms with Crippen LogP contribution in [-0.4, -0.2) is 52.2 Å². The minimum atomic E-state index is -0.973. The van der Waals surface area contributed by atoms with Gasteiger partial charge in [0.15, 0.2) is 0 Å². The molecule has 1 aliphatic rings. The summed E-state index contributed by atoms with van der Waals surface area (Å²) in [5.41, 5.74) is 7.91. The number of carboxylic acids is 1. The highest BCUT2D eigenvalue weighted by atomic mass is 16.4. The summed E-state index contributed by atoms with van der Waals surface area (Å²) >= 11 is 0. The summed E-state index contributed by atoms with van der Waals surface area (Å²) < 4.78 is 0. The number of fused-ring (bicyclic) bond motifs is 1. The van der Waals surface area contributed by atoms with Crippen molar-refractivity contribution < 1.29 is 9.90 Å². The molecule has 0 atom stereocenters. The molecular weight excluding hydrogens is 344 g/mol. The van der Waals surface area contributed by atoms with Crippen molar-refractivity contribution in [2.45, 2.75) is 6.42 Å². The van der Waals surface area contributed by atoms with Gasteiger partial charge in [-0.2, -0.15) is 4.98 Å². The van der Waals surface area contributed by atoms with E-state index >= 15 is 0 Å². The Kier molecular flexibility index (Phi) is 4.45. The van der Waals surface area contributed by atoms with E-state index in [2.05, 4.69) is 24.8 Å². The number of hydrogen-bond acceptors (Lipinski definition) is 7. The number of benzene rings is 1. The summed E-state index contributed by atoms with van der Waals surface area (Å²) in [7, 11) is 0. The largest absolute Gasteiger partial charge is 0.478 e. The van der Waals surface area contributed by atoms with E-state index < -0.39 is 5.97 Å². The van der Waals surface area contributed by atoms with Crippen LogP contribution in [0.25, 0.3) is 10.9 Å². The third kappa shape index (κ3) is 3.46. The van der Waals surface area contributed by atoms with Crippen molar-refractivity contribution in [1.82, 2.24) is 15.0 Å². The first kappa shape index (κ1) is 17.0. The number of pyridine rings is 1. The molecular formula is C19H20N6O2. The van der Waals surface area contributed by atoms with E-state index in [1.807, 2.05) is 12.1 Å². The zero-order valence-electron chi connectivity index (χ0n) is 14.7. The monoisotopic (exact) mass is 364 g/mol. The Labute approximate surface area is 156 Å². The minimum Gasteiger partial charge on any atom is -0.478 e. The van der Waals surface area contributed by atoms with E-state index in [1.54, 1.807) is 24.5 Å². The van der Waals surface area contributed by atoms with E-state index in [9.17, 15) is 9.90 Å². The first-order valence-electron chi connectivity index (χ1n) is 8.82. The van der Waals surface area contributed by atoms with Crippen LogP contribution in [0.5, 0.6) is 0 Å². The fraction of sp³-hybridized carbons (Fsp3) is 0.263. The second-order valence-corrected chi connectivity index (χ2v) is 6.48. The van der Waals surface area contributed by atoms with Gasteiger partial charge in [0.2, 0.25) is 5.95 Å². The quantitative estimate of drug-likeness (QED) is 0.727. The maximum Gasteiger partial charge on any atom is 0.335 e. The Morgan fingerprint density at radius 3 is 2.52 bits per heavy atom. The van der Waals surface area contributed by atoms with Crippen molar-refractivity contribution in [2.75, 3.05) is 41.7 Å². The van der Waals surface area contributed by atoms with Crippen molar-refractivity contribution in [3.05, 3.63) is 48.3 Å². The van der Waals surface area contributed by atoms with Gasteiger partial charge in [-0.05, 0) is 36.8 Å². The van der Waals surface area contributed by atoms with Crippen LogP contribution >= 0.6 is 0 Å². The fourth-order valence-corrected chi connectivity index (χ4v) is 3.45. The molecule has 1 fully saturated rings. The standard InChI is InChI=1S/C19H20N6O2/c20-19-22-16-3-2-13(18(26)27)12-15(16)17(23-19)25-9-1-8-24(10-11-25)14-4-6-21-7-5-14/h2-7,12H,1,8-11H2,(H,26,27)(H2,20,22,23). The third-order valence-electron chi connectivity index (χ3n) is 4.76. The first-order valence-corrected chi connectivity index (χ1v) is 8.82. The van der Waals surface area contributed by atoms with Crippen LogP contribution in [-0.2, 0) is 0 Å². The van der Waals surface area contributed by atoms with Crippen LogP contribution in [0.2, 0.25) is 0 Å². The summed E-state index contributed by atoms with van der Waals surface area (Å²) in [4.78, 5) is 28.6. The van der Waals surface area contributed by atoms with Gasteiger partial charge in [0.05, 0.1) is 11.1 Å². The maximum atomic E-state index is 11.4. The maximum absolute atomic E-state index is 11.4. The number of anilines is 3. The Balaban J connectivity index is 1.67. The second-order valence-electron chi connectivity index (χ2n) is 6.48. The number of aromatic carboxylic acids is 1. The molecule has 0 spiro atoms. The molecule has 1 saturated heterocycles. The van der Waals surface area contributed by atoms with Gasteiger partial charge >= 0.3 is 5.97 Å². The smallest absolute Gasteiger partial charge is 0.335 e. The van der Waals surface area contributed by atoms with Gasteiger partial charge in [0, 0.05) is 49.6 Å². The SMILES string of the molecule is Nc1nc(N2CCCN(c3ccncc3)CC2)c2cc(C(=O)O)ccc2n1. The second kappa shape index (κ2) is 7.06. The number of carboxylic acid groups (broad SMARTS) is 1. The highest BCUT2D eigenvalue weighted by Gasteiger charge is 2.20. The zero-order chi connectivity index (χ0) is 18.8. The Bertz CT molecular complexity index is 979. The molecule has 8 nitrogen and oxygen atoms in total. The van der Waals surface area contributed by atoms with Gasteiger partial charge < -0.3 is 20.6 Å². The van der Waals surface area contributed by atoms with Crippen LogP contribution in [0, 0.1) is 0 Å². The lowest BCUT2D eigenvalue weighted by atomic mass is 10.1. The van der Waals surface area contributed by atoms with Gasteiger partial charge in [0.25, 0.3) is 0 Å². The Morgan fingerprint density at radius 2 is 1.74 bits per heavy atom. The van der Waals surface area contributed by atoms with Crippen molar-refractivity contribution in [2.24, 2.45) is 0 Å². The van der Waals surface area contributed by atoms with Crippen molar-refractivity contribution in [3.8, 4) is 0 Å². The molecule has 0 aliphatic carbocycles. The molecule has 0 unspecified atom stereocenters. The van der Waals surface area contributed by atoms with Gasteiger partial charge in [-0.3, -0.25) is 4.98 Å². The third-order valence-corrected chi connectivity index (χ3v) is 4.76. The molecule has 27 heavy (non-hydrogen) atoms. The Hall–Kier alpha value is -3.42. The predicted molar refractivity (Wildman–Crippen MR) is 104 cm³/mol. The van der Waals surface area contributed by atoms with Crippen molar-refractivity contribution >= 4 is 34.3 Å². The van der Waals surface area contributed by atoms with E-state index in [0.29, 0.717) is 16.7 Å². The number of nitrogens with two attached hydrogens (primary N) is 1. The van der Waals surface area contributed by atoms with E-state index in [-0.39, 0.29) is 11.5 Å². The number of rotatable bonds is 3. The molecule has 2 aromatic heterocycles. The highest BCUT2D eigenvalue weighted by molar-refractivity contribution is 5.97. The van der Waals surface area contributed by atoms with Crippen LogP contribution < -0.4 is 15.5 Å². The summed E-state index contributed by atoms with van der Waals surface area (Å²) in [6.45, 7) is 3.32. The van der Waals surface area contributed by atoms with E-state index in [4.69, 9.17) is 5.73 Å². The van der Waals surface area contributed by atoms with Crippen molar-refractivity contribution in [1.29, 1.82) is 0 Å². The molecule has 4 rings (SSSR count). The Morgan fingerprint density at radius 1 is 1.00 bits per heavy atom. The molecule has 1 aromatic carbocycles. The number of nitrogens with zero attached hydrogens (tertiary/aromatic N) is 5. The van der Waals surface area contributed by atoms with Crippen LogP contribution in [0.15, 0.2) is 42.7 Å². The normalized spacial score (nSPS) is 15.0. The molecule has 0 radical (unpaired) electrons. The summed E-state index contributed by atoms with van der Waals surface area (Å²) in [6, 6.07) is 8.85. The lowest BCUT2D eigenvalue weighted by molar-refractivity contribution is 0.0697. The number of nitrogen functional groups attached to an aromatic ring is 1. The molecule has 0 amide bonds. The molecule has 1 aliphatic heterocycles. The molecule has 3 heterocycles. The van der Waals surface area contributed by atoms with E-state index in [0.717, 1.165) is 38.3 Å². The summed E-state index contributed by atoms with van der Waals surface area (Å²) in [6.07, 6.45) is 4.54. The average molecular weight is 364 g/mol. The molecule has 8 heteroatoms. The topological polar surface area (TPSA) is 108 Å². The predicted octanol–water partition coefficient (Wildman–Crippen LogP) is 2.02.